The highest BCUT2D eigenvalue weighted by molar-refractivity contribution is 6.00. The lowest BCUT2D eigenvalue weighted by Gasteiger charge is -2.41. The fourth-order valence-electron chi connectivity index (χ4n) is 12.3. The molecule has 25 heteroatoms. The molecular formula is C70H115N11O14. The number of allylic oxidation sites excluding steroid dienone is 2. The van der Waals surface area contributed by atoms with E-state index in [-0.39, 0.29) is 69.4 Å². The van der Waals surface area contributed by atoms with Crippen LogP contribution in [-0.2, 0) is 57.5 Å². The largest absolute Gasteiger partial charge is 0.394 e. The summed E-state index contributed by atoms with van der Waals surface area (Å²) in [5, 5.41) is 34.1. The fourth-order valence-corrected chi connectivity index (χ4v) is 12.3. The van der Waals surface area contributed by atoms with Crippen molar-refractivity contribution >= 4 is 71.1 Å². The van der Waals surface area contributed by atoms with Gasteiger partial charge in [-0.1, -0.05) is 138 Å². The highest BCUT2D eigenvalue weighted by atomic mass is 16.5. The van der Waals surface area contributed by atoms with E-state index in [4.69, 9.17) is 4.74 Å². The monoisotopic (exact) mass is 1330 g/mol. The Balaban J connectivity index is 2.36. The first-order valence-electron chi connectivity index (χ1n) is 33.8. The average molecular weight is 1330 g/mol. The Morgan fingerprint density at radius 1 is 0.537 bits per heavy atom. The normalized spacial score (nSPS) is 27.5. The van der Waals surface area contributed by atoms with Crippen molar-refractivity contribution < 1.29 is 67.7 Å². The van der Waals surface area contributed by atoms with Gasteiger partial charge >= 0.3 is 0 Å². The molecule has 11 amide bonds. The molecule has 2 aliphatic heterocycles. The smallest absolute Gasteiger partial charge is 0.246 e. The molecule has 25 nitrogen and oxygen atoms in total. The van der Waals surface area contributed by atoms with Gasteiger partial charge in [-0.25, -0.2) is 0 Å². The third-order valence-electron chi connectivity index (χ3n) is 18.1. The molecule has 0 aromatic heterocycles. The molecule has 2 aliphatic rings. The molecule has 2 heterocycles. The molecule has 0 spiro atoms. The number of aliphatic hydroxyl groups is 2. The summed E-state index contributed by atoms with van der Waals surface area (Å²) in [6.07, 6.45) is 5.37. The molecule has 1 unspecified atom stereocenters. The first kappa shape index (κ1) is 82.0. The van der Waals surface area contributed by atoms with E-state index in [1.165, 1.54) is 80.6 Å². The van der Waals surface area contributed by atoms with Crippen molar-refractivity contribution in [2.45, 2.75) is 221 Å². The number of nitrogens with one attached hydrogen (secondary N) is 4. The predicted molar refractivity (Wildman–Crippen MR) is 364 cm³/mol. The molecule has 95 heavy (non-hydrogen) atoms. The maximum absolute atomic E-state index is 15.4. The van der Waals surface area contributed by atoms with Crippen LogP contribution >= 0.6 is 0 Å². The van der Waals surface area contributed by atoms with E-state index in [1.807, 2.05) is 78.0 Å². The van der Waals surface area contributed by atoms with E-state index in [0.29, 0.717) is 0 Å². The Morgan fingerprint density at radius 2 is 1.03 bits per heavy atom. The van der Waals surface area contributed by atoms with Gasteiger partial charge < -0.3 is 70.5 Å². The molecule has 6 N–H and O–H groups in total. The van der Waals surface area contributed by atoms with Crippen molar-refractivity contribution in [2.75, 3.05) is 62.0 Å². The Hall–Kier alpha value is -7.25. The van der Waals surface area contributed by atoms with Crippen molar-refractivity contribution in [1.29, 1.82) is 0 Å². The summed E-state index contributed by atoms with van der Waals surface area (Å²) in [5.74, 6) is -10.7. The zero-order valence-electron chi connectivity index (χ0n) is 60.5. The molecule has 2 fully saturated rings. The minimum atomic E-state index is -1.68. The number of hydrogen-bond donors (Lipinski definition) is 6. The van der Waals surface area contributed by atoms with E-state index in [1.54, 1.807) is 66.7 Å². The Labute approximate surface area is 564 Å². The summed E-state index contributed by atoms with van der Waals surface area (Å²) in [5.41, 5.74) is 0.900. The number of aliphatic hydroxyl groups excluding tert-OH is 2. The Bertz CT molecular complexity index is 2830. The van der Waals surface area contributed by atoms with Crippen molar-refractivity contribution in [1.82, 2.24) is 55.6 Å². The van der Waals surface area contributed by atoms with Gasteiger partial charge in [-0.2, -0.15) is 0 Å². The quantitative estimate of drug-likeness (QED) is 0.115. The molecule has 1 aromatic rings. The van der Waals surface area contributed by atoms with Gasteiger partial charge in [-0.15, -0.1) is 0 Å². The molecule has 14 atom stereocenters. The first-order chi connectivity index (χ1) is 44.4. The molecular weight excluding hydrogens is 1220 g/mol. The highest BCUT2D eigenvalue weighted by Gasteiger charge is 2.48. The number of likely N-dealkylation sites (N-methyl/N-ethyl adjacent to an activating group) is 6. The summed E-state index contributed by atoms with van der Waals surface area (Å²) >= 11 is 0. The Morgan fingerprint density at radius 3 is 1.55 bits per heavy atom. The highest BCUT2D eigenvalue weighted by Crippen LogP contribution is 2.28. The van der Waals surface area contributed by atoms with Crippen LogP contribution in [-0.4, -0.2) is 250 Å². The van der Waals surface area contributed by atoms with Crippen molar-refractivity contribution in [3.63, 3.8) is 0 Å². The third kappa shape index (κ3) is 22.1. The van der Waals surface area contributed by atoms with E-state index in [2.05, 4.69) is 21.3 Å². The molecule has 0 bridgehead atoms. The van der Waals surface area contributed by atoms with Crippen LogP contribution in [0.3, 0.4) is 0 Å². The number of nitrogens with zero attached hydrogens (tertiary/aromatic N) is 7. The van der Waals surface area contributed by atoms with Crippen LogP contribution in [0.25, 0.3) is 6.08 Å². The zero-order valence-corrected chi connectivity index (χ0v) is 60.5. The number of rotatable bonds is 18. The van der Waals surface area contributed by atoms with Gasteiger partial charge in [0.05, 0.1) is 25.4 Å². The lowest BCUT2D eigenvalue weighted by Crippen LogP contribution is -2.64. The van der Waals surface area contributed by atoms with Crippen LogP contribution < -0.4 is 21.3 Å². The molecule has 534 valence electrons. The second-order valence-electron chi connectivity index (χ2n) is 27.9. The van der Waals surface area contributed by atoms with Gasteiger partial charge in [0.25, 0.3) is 0 Å². The number of hydrogen-bond acceptors (Lipinski definition) is 14. The first-order valence-corrected chi connectivity index (χ1v) is 33.8. The minimum absolute atomic E-state index is 0.0530. The lowest BCUT2D eigenvalue weighted by atomic mass is 9.91. The maximum Gasteiger partial charge on any atom is 0.246 e. The number of carbonyl (C=O) groups is 11. The summed E-state index contributed by atoms with van der Waals surface area (Å²) in [4.78, 5) is 171. The second kappa shape index (κ2) is 37.9. The molecule has 3 rings (SSSR count). The van der Waals surface area contributed by atoms with Gasteiger partial charge in [0.15, 0.2) is 0 Å². The topological polar surface area (TPSA) is 308 Å². The number of fused-ring (bicyclic) bond motifs is 1. The van der Waals surface area contributed by atoms with Crippen molar-refractivity contribution in [3.8, 4) is 0 Å². The van der Waals surface area contributed by atoms with Gasteiger partial charge in [-0.05, 0) is 93.9 Å². The predicted octanol–water partition coefficient (Wildman–Crippen LogP) is 3.46. The van der Waals surface area contributed by atoms with Gasteiger partial charge in [-0.3, -0.25) is 52.7 Å². The molecule has 0 saturated carbocycles. The van der Waals surface area contributed by atoms with Gasteiger partial charge in [0, 0.05) is 55.3 Å². The van der Waals surface area contributed by atoms with Crippen LogP contribution in [0.1, 0.15) is 148 Å². The summed E-state index contributed by atoms with van der Waals surface area (Å²) in [7, 11) is 8.31. The third-order valence-corrected chi connectivity index (χ3v) is 18.1. The van der Waals surface area contributed by atoms with Gasteiger partial charge in [0.2, 0.25) is 65.0 Å². The van der Waals surface area contributed by atoms with Crippen molar-refractivity contribution in [2.24, 2.45) is 35.5 Å². The van der Waals surface area contributed by atoms with E-state index >= 15 is 28.8 Å². The summed E-state index contributed by atoms with van der Waals surface area (Å²) in [6, 6.07) is -5.30. The molecule has 1 aromatic carbocycles. The maximum atomic E-state index is 15.4. The average Bonchev–Trinajstić information content (AvgIpc) is 1.74. The number of benzene rings is 1. The molecule has 2 saturated heterocycles. The lowest BCUT2D eigenvalue weighted by molar-refractivity contribution is -0.157. The standard InChI is InChI=1S/C70H115N11O14/c1-22-24-29-45(13)59(83)58-63(87)73-50(23-2)65(89)81-38-49(95-33-28-32-48-30-26-25-27-31-48)37-54(81)68(92)78(19)55(39-82)62(86)74-56(43(9)10)69(93)75(16)51(34-40(3)4)61(85)71-46(14)60(84)72-47(15)64(88)76(17)52(35-41(5)6)66(90)77(18)53(36-42(7)8)67(91)79(20)57(44(11)12)70(94)80(58)21/h22,24-28,30-32,40-47,49-59,82-83H,23,29,33-39H2,1-21H3,(H,71,85)(H,72,84)(H,73,87)(H,74,86)/b24-22+,32-28-/t45-,46+,47-,49?,50+,51+,52+,53+,54-,55+,56+,57+,58+,59-/m1/s1. The van der Waals surface area contributed by atoms with E-state index in [0.717, 1.165) is 15.4 Å². The van der Waals surface area contributed by atoms with Crippen LogP contribution in [0.15, 0.2) is 48.6 Å². The zero-order chi connectivity index (χ0) is 72.2. The second-order valence-corrected chi connectivity index (χ2v) is 27.9. The summed E-state index contributed by atoms with van der Waals surface area (Å²) < 4.78 is 6.28. The van der Waals surface area contributed by atoms with E-state index < -0.39 is 168 Å². The van der Waals surface area contributed by atoms with Gasteiger partial charge in [0.1, 0.15) is 66.5 Å². The number of ether oxygens (including phenoxy) is 1. The summed E-state index contributed by atoms with van der Waals surface area (Å²) in [6.45, 7) is 24.8. The fraction of sp³-hybridized carbons (Fsp3) is 0.700. The number of amides is 11. The van der Waals surface area contributed by atoms with Crippen LogP contribution in [0.4, 0.5) is 0 Å². The SMILES string of the molecule is C/C=C/C[C@@H](C)[C@@H](O)[C@H]1C(=O)N[C@@H](CC)C(=O)N2CC(OC/C=C\c3ccccc3)C[C@@H]2C(=O)N(C)[C@@H](CO)C(=O)N[C@@H](C(C)C)C(=O)N(C)[C@@H](CC(C)C)C(=O)N[C@@H](C)C(=O)N[C@H](C)C(=O)N(C)[C@@H](CC(C)C)C(=O)N(C)[C@@H](CC(C)C)C(=O)N(C)[C@@H](C(C)C)C(=O)N1C. The number of carbonyl (C=O) groups excluding carboxylic acids is 11. The Kier molecular flexibility index (Phi) is 32.7. The van der Waals surface area contributed by atoms with Crippen LogP contribution in [0.2, 0.25) is 0 Å². The van der Waals surface area contributed by atoms with E-state index in [9.17, 15) is 34.2 Å². The van der Waals surface area contributed by atoms with Crippen LogP contribution in [0.5, 0.6) is 0 Å². The van der Waals surface area contributed by atoms with Crippen LogP contribution in [0, 0.1) is 35.5 Å². The molecule has 0 aliphatic carbocycles. The molecule has 0 radical (unpaired) electrons. The van der Waals surface area contributed by atoms with Crippen molar-refractivity contribution in [3.05, 3.63) is 54.1 Å². The minimum Gasteiger partial charge on any atom is -0.394 e.